The normalized spacial score (nSPS) is 23.3. The first-order chi connectivity index (χ1) is 12.9. The Morgan fingerprint density at radius 2 is 2.15 bits per heavy atom. The summed E-state index contributed by atoms with van der Waals surface area (Å²) in [7, 11) is 0. The molecule has 2 aliphatic heterocycles. The third-order valence-electron chi connectivity index (χ3n) is 4.94. The van der Waals surface area contributed by atoms with E-state index in [1.54, 1.807) is 0 Å². The van der Waals surface area contributed by atoms with Gasteiger partial charge in [-0.3, -0.25) is 14.6 Å². The van der Waals surface area contributed by atoms with Crippen molar-refractivity contribution in [3.8, 4) is 0 Å². The first-order valence-corrected chi connectivity index (χ1v) is 9.51. The van der Waals surface area contributed by atoms with Crippen molar-refractivity contribution in [1.82, 2.24) is 25.3 Å². The summed E-state index contributed by atoms with van der Waals surface area (Å²) >= 11 is 3.42. The van der Waals surface area contributed by atoms with Crippen LogP contribution in [0.3, 0.4) is 0 Å². The number of aromatic amines is 1. The van der Waals surface area contributed by atoms with Crippen LogP contribution in [-0.2, 0) is 9.59 Å². The van der Waals surface area contributed by atoms with E-state index in [1.165, 1.54) is 10.0 Å². The maximum Gasteiger partial charge on any atom is 0.405 e. The van der Waals surface area contributed by atoms with Crippen LogP contribution in [-0.4, -0.2) is 55.6 Å². The molecule has 3 N–H and O–H groups in total. The molecule has 2 fully saturated rings. The predicted octanol–water partition coefficient (Wildman–Crippen LogP) is 2.16. The van der Waals surface area contributed by atoms with Crippen LogP contribution in [0, 0.1) is 0 Å². The van der Waals surface area contributed by atoms with Gasteiger partial charge in [0, 0.05) is 17.4 Å². The molecule has 0 spiro atoms. The van der Waals surface area contributed by atoms with Crippen molar-refractivity contribution in [3.63, 3.8) is 0 Å². The number of carboxylic acid groups (broad SMARTS) is 1. The molecule has 0 bridgehead atoms. The fourth-order valence-corrected chi connectivity index (χ4v) is 4.07. The van der Waals surface area contributed by atoms with Crippen LogP contribution in [0.1, 0.15) is 37.5 Å². The van der Waals surface area contributed by atoms with Crippen LogP contribution >= 0.6 is 15.9 Å². The van der Waals surface area contributed by atoms with Gasteiger partial charge in [0.1, 0.15) is 17.9 Å². The van der Waals surface area contributed by atoms with Gasteiger partial charge in [0.05, 0.1) is 11.0 Å². The molecule has 2 aliphatic rings. The van der Waals surface area contributed by atoms with Crippen molar-refractivity contribution in [1.29, 1.82) is 0 Å². The number of nitrogens with zero attached hydrogens (tertiary/aromatic N) is 3. The second-order valence-corrected chi connectivity index (χ2v) is 7.60. The van der Waals surface area contributed by atoms with Gasteiger partial charge in [-0.1, -0.05) is 15.9 Å². The highest BCUT2D eigenvalue weighted by Gasteiger charge is 2.43. The summed E-state index contributed by atoms with van der Waals surface area (Å²) in [5.41, 5.74) is 1.59. The highest BCUT2D eigenvalue weighted by molar-refractivity contribution is 9.10. The maximum absolute atomic E-state index is 13.1. The van der Waals surface area contributed by atoms with Crippen LogP contribution in [0.5, 0.6) is 0 Å². The lowest BCUT2D eigenvalue weighted by Gasteiger charge is -2.42. The van der Waals surface area contributed by atoms with E-state index in [9.17, 15) is 14.4 Å². The van der Waals surface area contributed by atoms with Gasteiger partial charge in [-0.25, -0.2) is 14.8 Å². The van der Waals surface area contributed by atoms with E-state index in [0.29, 0.717) is 18.8 Å². The van der Waals surface area contributed by atoms with E-state index in [0.717, 1.165) is 21.9 Å². The molecule has 3 heterocycles. The molecule has 2 atom stereocenters. The van der Waals surface area contributed by atoms with Crippen LogP contribution in [0.25, 0.3) is 11.0 Å². The molecule has 0 saturated carbocycles. The van der Waals surface area contributed by atoms with E-state index in [4.69, 9.17) is 5.11 Å². The lowest BCUT2D eigenvalue weighted by atomic mass is 10.1. The fraction of sp³-hybridized carbons (Fsp3) is 0.412. The molecule has 2 saturated heterocycles. The van der Waals surface area contributed by atoms with Crippen LogP contribution < -0.4 is 5.32 Å². The number of aromatic nitrogens is 2. The number of hydrogen-bond acceptors (Lipinski definition) is 4. The molecule has 2 aromatic rings. The molecule has 27 heavy (non-hydrogen) atoms. The smallest absolute Gasteiger partial charge is 0.405 e. The largest absolute Gasteiger partial charge is 0.465 e. The van der Waals surface area contributed by atoms with Crippen molar-refractivity contribution >= 4 is 44.9 Å². The highest BCUT2D eigenvalue weighted by atomic mass is 79.9. The van der Waals surface area contributed by atoms with E-state index in [2.05, 4.69) is 31.2 Å². The van der Waals surface area contributed by atoms with Gasteiger partial charge in [0.2, 0.25) is 5.91 Å². The number of benzene rings is 1. The number of imidazole rings is 1. The number of hydrazine groups is 1. The summed E-state index contributed by atoms with van der Waals surface area (Å²) in [4.78, 5) is 44.5. The lowest BCUT2D eigenvalue weighted by Crippen LogP contribution is -2.57. The average molecular weight is 436 g/mol. The molecule has 1 aromatic carbocycles. The first kappa shape index (κ1) is 17.8. The van der Waals surface area contributed by atoms with Crippen molar-refractivity contribution in [2.45, 2.75) is 37.8 Å². The summed E-state index contributed by atoms with van der Waals surface area (Å²) in [6, 6.07) is 4.26. The molecule has 4 rings (SSSR count). The fourth-order valence-electron chi connectivity index (χ4n) is 3.72. The second kappa shape index (κ2) is 6.84. The predicted molar refractivity (Wildman–Crippen MR) is 98.5 cm³/mol. The maximum atomic E-state index is 13.1. The van der Waals surface area contributed by atoms with Crippen LogP contribution in [0.2, 0.25) is 0 Å². The third-order valence-corrected chi connectivity index (χ3v) is 5.43. The number of H-pyrrole nitrogens is 1. The Morgan fingerprint density at radius 3 is 2.93 bits per heavy atom. The number of amides is 3. The quantitative estimate of drug-likeness (QED) is 0.667. The van der Waals surface area contributed by atoms with Crippen molar-refractivity contribution in [2.75, 3.05) is 6.54 Å². The first-order valence-electron chi connectivity index (χ1n) is 8.72. The van der Waals surface area contributed by atoms with Crippen molar-refractivity contribution in [2.24, 2.45) is 0 Å². The number of halogens is 1. The zero-order chi connectivity index (χ0) is 19.1. The Balaban J connectivity index is 1.73. The number of hydrogen-bond donors (Lipinski definition) is 3. The molecular formula is C17H18BrN5O4. The average Bonchev–Trinajstić information content (AvgIpc) is 3.01. The summed E-state index contributed by atoms with van der Waals surface area (Å²) in [5, 5.41) is 14.1. The molecule has 9 nitrogen and oxygen atoms in total. The van der Waals surface area contributed by atoms with Crippen molar-refractivity contribution < 1.29 is 19.5 Å². The summed E-state index contributed by atoms with van der Waals surface area (Å²) in [6.45, 7) is 0.437. The number of nitrogens with one attached hydrogen (secondary N) is 2. The zero-order valence-electron chi connectivity index (χ0n) is 14.3. The minimum absolute atomic E-state index is 0.118. The van der Waals surface area contributed by atoms with Crippen LogP contribution in [0.4, 0.5) is 4.79 Å². The third kappa shape index (κ3) is 3.25. The molecule has 0 aliphatic carbocycles. The minimum atomic E-state index is -1.28. The molecule has 0 radical (unpaired) electrons. The van der Waals surface area contributed by atoms with Gasteiger partial charge in [0.15, 0.2) is 0 Å². The number of rotatable bonds is 2. The number of fused-ring (bicyclic) bond motifs is 2. The topological polar surface area (TPSA) is 119 Å². The van der Waals surface area contributed by atoms with E-state index < -0.39 is 24.1 Å². The van der Waals surface area contributed by atoms with Gasteiger partial charge in [-0.05, 0) is 37.5 Å². The summed E-state index contributed by atoms with van der Waals surface area (Å²) in [5.74, 6) is -0.0129. The molecule has 3 amide bonds. The standard InChI is InChI=1S/C17H18BrN5O4/c18-9-3-4-10-12(8-9)20-15(19-10)13-2-1-7-22-14(24)6-5-11(21-17(26)27)16(25)23(13)22/h3-4,8,11,13,21H,1-2,5-7H2,(H,19,20)(H,26,27)/t11-,13-/m0/s1. The Kier molecular flexibility index (Phi) is 4.50. The molecule has 142 valence electrons. The molecule has 10 heteroatoms. The van der Waals surface area contributed by atoms with E-state index >= 15 is 0 Å². The van der Waals surface area contributed by atoms with Gasteiger partial charge in [-0.2, -0.15) is 0 Å². The van der Waals surface area contributed by atoms with Crippen molar-refractivity contribution in [3.05, 3.63) is 28.5 Å². The molecule has 1 aromatic heterocycles. The second-order valence-electron chi connectivity index (χ2n) is 6.68. The SMILES string of the molecule is O=C(O)N[C@H]1CCC(=O)N2CCC[C@@H](c3nc4cc(Br)ccc4[nH]3)N2C1=O. The van der Waals surface area contributed by atoms with Gasteiger partial charge >= 0.3 is 6.09 Å². The molecule has 0 unspecified atom stereocenters. The number of carbonyl (C=O) groups excluding carboxylic acids is 2. The minimum Gasteiger partial charge on any atom is -0.465 e. The Bertz CT molecular complexity index is 929. The molecular weight excluding hydrogens is 418 g/mol. The van der Waals surface area contributed by atoms with Gasteiger partial charge in [0.25, 0.3) is 5.91 Å². The summed E-state index contributed by atoms with van der Waals surface area (Å²) < 4.78 is 0.894. The highest BCUT2D eigenvalue weighted by Crippen LogP contribution is 2.34. The number of carbonyl (C=O) groups is 3. The Morgan fingerprint density at radius 1 is 1.33 bits per heavy atom. The van der Waals surface area contributed by atoms with E-state index in [1.807, 2.05) is 18.2 Å². The summed E-state index contributed by atoms with van der Waals surface area (Å²) in [6.07, 6.45) is 0.356. The van der Waals surface area contributed by atoms with Crippen LogP contribution in [0.15, 0.2) is 22.7 Å². The van der Waals surface area contributed by atoms with Gasteiger partial charge in [-0.15, -0.1) is 0 Å². The lowest BCUT2D eigenvalue weighted by molar-refractivity contribution is -0.174. The van der Waals surface area contributed by atoms with Gasteiger partial charge < -0.3 is 15.4 Å². The zero-order valence-corrected chi connectivity index (χ0v) is 15.9. The Labute approximate surface area is 162 Å². The monoisotopic (exact) mass is 435 g/mol. The Hall–Kier alpha value is -2.62. The van der Waals surface area contributed by atoms with E-state index in [-0.39, 0.29) is 18.7 Å².